The number of ketones is 1. The van der Waals surface area contributed by atoms with Gasteiger partial charge in [-0.1, -0.05) is 24.3 Å². The van der Waals surface area contributed by atoms with Crippen LogP contribution >= 0.6 is 0 Å². The minimum Gasteiger partial charge on any atom is -0.508 e. The van der Waals surface area contributed by atoms with Gasteiger partial charge in [0.25, 0.3) is 0 Å². The zero-order valence-corrected chi connectivity index (χ0v) is 8.55. The number of phenolic OH excluding ortho intramolecular Hbond substituents is 1. The molecule has 0 unspecified atom stereocenters. The Morgan fingerprint density at radius 1 is 1.06 bits per heavy atom. The minimum atomic E-state index is -0.186. The molecule has 2 aromatic rings. The Morgan fingerprint density at radius 3 is 2.50 bits per heavy atom. The lowest BCUT2D eigenvalue weighted by Gasteiger charge is -2.04. The third-order valence-electron chi connectivity index (χ3n) is 2.31. The van der Waals surface area contributed by atoms with Crippen molar-refractivity contribution in [3.8, 4) is 5.75 Å². The second kappa shape index (κ2) is 4.06. The van der Waals surface area contributed by atoms with Crippen LogP contribution in [0.15, 0.2) is 48.5 Å². The minimum absolute atomic E-state index is 0.0698. The van der Waals surface area contributed by atoms with E-state index in [1.807, 2.05) is 0 Å². The molecule has 0 aromatic heterocycles. The van der Waals surface area contributed by atoms with Gasteiger partial charge in [-0.15, -0.1) is 0 Å². The molecular formula is C13H11NO2. The summed E-state index contributed by atoms with van der Waals surface area (Å²) in [6, 6.07) is 13.1. The van der Waals surface area contributed by atoms with Gasteiger partial charge in [0.05, 0.1) is 0 Å². The molecule has 0 aliphatic rings. The van der Waals surface area contributed by atoms with E-state index in [0.717, 1.165) is 0 Å². The van der Waals surface area contributed by atoms with Crippen LogP contribution in [0.3, 0.4) is 0 Å². The normalized spacial score (nSPS) is 10.0. The van der Waals surface area contributed by atoms with Crippen molar-refractivity contribution in [1.29, 1.82) is 0 Å². The number of carbonyl (C=O) groups excluding carboxylic acids is 1. The summed E-state index contributed by atoms with van der Waals surface area (Å²) < 4.78 is 0. The van der Waals surface area contributed by atoms with Crippen LogP contribution in [0.5, 0.6) is 5.75 Å². The molecule has 0 aliphatic heterocycles. The summed E-state index contributed by atoms with van der Waals surface area (Å²) in [5.41, 5.74) is 7.03. The highest BCUT2D eigenvalue weighted by molar-refractivity contribution is 6.12. The average molecular weight is 213 g/mol. The van der Waals surface area contributed by atoms with Crippen LogP contribution in [-0.2, 0) is 0 Å². The van der Waals surface area contributed by atoms with Gasteiger partial charge in [-0.2, -0.15) is 0 Å². The van der Waals surface area contributed by atoms with Crippen LogP contribution in [0, 0.1) is 0 Å². The Morgan fingerprint density at radius 2 is 1.81 bits per heavy atom. The van der Waals surface area contributed by atoms with Gasteiger partial charge in [0.15, 0.2) is 5.78 Å². The second-order valence-electron chi connectivity index (χ2n) is 3.47. The van der Waals surface area contributed by atoms with Crippen LogP contribution in [0.1, 0.15) is 15.9 Å². The number of hydrogen-bond acceptors (Lipinski definition) is 3. The predicted octanol–water partition coefficient (Wildman–Crippen LogP) is 2.21. The van der Waals surface area contributed by atoms with E-state index in [9.17, 15) is 9.90 Å². The summed E-state index contributed by atoms with van der Waals surface area (Å²) in [7, 11) is 0. The zero-order chi connectivity index (χ0) is 11.5. The highest BCUT2D eigenvalue weighted by Crippen LogP contribution is 2.18. The first-order chi connectivity index (χ1) is 7.68. The molecule has 0 bridgehead atoms. The van der Waals surface area contributed by atoms with E-state index in [-0.39, 0.29) is 11.5 Å². The van der Waals surface area contributed by atoms with Crippen molar-refractivity contribution in [2.75, 3.05) is 5.73 Å². The molecule has 2 aromatic carbocycles. The molecule has 3 heteroatoms. The van der Waals surface area contributed by atoms with Gasteiger partial charge in [0.1, 0.15) is 5.75 Å². The van der Waals surface area contributed by atoms with Gasteiger partial charge < -0.3 is 10.8 Å². The van der Waals surface area contributed by atoms with Gasteiger partial charge in [-0.3, -0.25) is 4.79 Å². The molecule has 0 atom stereocenters. The average Bonchev–Trinajstić information content (AvgIpc) is 2.29. The molecule has 3 N–H and O–H groups in total. The molecule has 0 saturated heterocycles. The first kappa shape index (κ1) is 10.2. The molecule has 0 aliphatic carbocycles. The van der Waals surface area contributed by atoms with Crippen molar-refractivity contribution in [3.63, 3.8) is 0 Å². The van der Waals surface area contributed by atoms with Crippen molar-refractivity contribution < 1.29 is 9.90 Å². The van der Waals surface area contributed by atoms with Gasteiger partial charge in [-0.05, 0) is 24.3 Å². The van der Waals surface area contributed by atoms with Crippen LogP contribution in [0.25, 0.3) is 0 Å². The zero-order valence-electron chi connectivity index (χ0n) is 8.55. The number of phenols is 1. The smallest absolute Gasteiger partial charge is 0.195 e. The largest absolute Gasteiger partial charge is 0.508 e. The summed E-state index contributed by atoms with van der Waals surface area (Å²) in [6.45, 7) is 0. The Hall–Kier alpha value is -2.29. The number of benzene rings is 2. The van der Waals surface area contributed by atoms with Crippen LogP contribution in [-0.4, -0.2) is 10.9 Å². The van der Waals surface area contributed by atoms with E-state index < -0.39 is 0 Å². The molecule has 0 amide bonds. The first-order valence-corrected chi connectivity index (χ1v) is 4.87. The Balaban J connectivity index is 2.44. The number of nitrogens with two attached hydrogens (primary N) is 1. The topological polar surface area (TPSA) is 63.3 Å². The molecule has 0 radical (unpaired) electrons. The van der Waals surface area contributed by atoms with Gasteiger partial charge in [-0.25, -0.2) is 0 Å². The fourth-order valence-electron chi connectivity index (χ4n) is 1.51. The number of aromatic hydroxyl groups is 1. The summed E-state index contributed by atoms with van der Waals surface area (Å²) in [6.07, 6.45) is 0. The van der Waals surface area contributed by atoms with E-state index >= 15 is 0 Å². The highest BCUT2D eigenvalue weighted by Gasteiger charge is 2.11. The van der Waals surface area contributed by atoms with E-state index in [1.54, 1.807) is 36.4 Å². The molecule has 0 heterocycles. The quantitative estimate of drug-likeness (QED) is 0.593. The fourth-order valence-corrected chi connectivity index (χ4v) is 1.51. The maximum Gasteiger partial charge on any atom is 0.195 e. The standard InChI is InChI=1S/C13H11NO2/c14-12-7-2-1-6-11(12)13(16)9-4-3-5-10(15)8-9/h1-8,15H,14H2. The number of rotatable bonds is 2. The molecule has 0 fully saturated rings. The van der Waals surface area contributed by atoms with Gasteiger partial charge >= 0.3 is 0 Å². The van der Waals surface area contributed by atoms with Crippen molar-refractivity contribution in [3.05, 3.63) is 59.7 Å². The van der Waals surface area contributed by atoms with Crippen molar-refractivity contribution >= 4 is 11.5 Å². The van der Waals surface area contributed by atoms with Gasteiger partial charge in [0.2, 0.25) is 0 Å². The molecule has 0 saturated carbocycles. The Bertz CT molecular complexity index is 535. The Labute approximate surface area is 93.1 Å². The molecular weight excluding hydrogens is 202 g/mol. The monoisotopic (exact) mass is 213 g/mol. The lowest BCUT2D eigenvalue weighted by molar-refractivity contribution is 0.103. The second-order valence-corrected chi connectivity index (χ2v) is 3.47. The summed E-state index contributed by atoms with van der Waals surface area (Å²) in [5, 5.41) is 9.29. The number of para-hydroxylation sites is 1. The number of nitrogen functional groups attached to an aromatic ring is 1. The van der Waals surface area contributed by atoms with Crippen LogP contribution < -0.4 is 5.73 Å². The maximum absolute atomic E-state index is 12.0. The van der Waals surface area contributed by atoms with E-state index in [2.05, 4.69) is 0 Å². The molecule has 2 rings (SSSR count). The number of hydrogen-bond donors (Lipinski definition) is 2. The van der Waals surface area contributed by atoms with E-state index in [0.29, 0.717) is 16.8 Å². The number of carbonyl (C=O) groups is 1. The first-order valence-electron chi connectivity index (χ1n) is 4.87. The summed E-state index contributed by atoms with van der Waals surface area (Å²) in [5.74, 6) is -0.116. The SMILES string of the molecule is Nc1ccccc1C(=O)c1cccc(O)c1. The number of anilines is 1. The lowest BCUT2D eigenvalue weighted by atomic mass is 10.0. The van der Waals surface area contributed by atoms with E-state index in [1.165, 1.54) is 12.1 Å². The third kappa shape index (κ3) is 1.88. The lowest BCUT2D eigenvalue weighted by Crippen LogP contribution is -2.04. The fraction of sp³-hybridized carbons (Fsp3) is 0. The van der Waals surface area contributed by atoms with Crippen molar-refractivity contribution in [1.82, 2.24) is 0 Å². The molecule has 16 heavy (non-hydrogen) atoms. The van der Waals surface area contributed by atoms with Crippen LogP contribution in [0.2, 0.25) is 0 Å². The van der Waals surface area contributed by atoms with E-state index in [4.69, 9.17) is 5.73 Å². The predicted molar refractivity (Wildman–Crippen MR) is 62.4 cm³/mol. The Kier molecular flexibility index (Phi) is 2.60. The summed E-state index contributed by atoms with van der Waals surface area (Å²) in [4.78, 5) is 12.0. The maximum atomic E-state index is 12.0. The molecule has 80 valence electrons. The molecule has 0 spiro atoms. The third-order valence-corrected chi connectivity index (χ3v) is 2.31. The highest BCUT2D eigenvalue weighted by atomic mass is 16.3. The van der Waals surface area contributed by atoms with Gasteiger partial charge in [0, 0.05) is 16.8 Å². The van der Waals surface area contributed by atoms with Crippen molar-refractivity contribution in [2.45, 2.75) is 0 Å². The summed E-state index contributed by atoms with van der Waals surface area (Å²) >= 11 is 0. The van der Waals surface area contributed by atoms with Crippen molar-refractivity contribution in [2.24, 2.45) is 0 Å². The van der Waals surface area contributed by atoms with Crippen LogP contribution in [0.4, 0.5) is 5.69 Å². The molecule has 3 nitrogen and oxygen atoms in total.